The highest BCUT2D eigenvalue weighted by Crippen LogP contribution is 2.35. The number of likely N-dealkylation sites (tertiary alicyclic amines) is 1. The number of rotatable bonds is 10. The minimum absolute atomic E-state index is 0.0847. The zero-order valence-electron chi connectivity index (χ0n) is 27.2. The molecule has 3 aromatic rings. The Kier molecular flexibility index (Phi) is 9.51. The Balaban J connectivity index is 1.22. The highest BCUT2D eigenvalue weighted by Gasteiger charge is 2.47. The molecule has 3 amide bonds. The predicted octanol–water partition coefficient (Wildman–Crippen LogP) is 4.43. The molecule has 0 radical (unpaired) electrons. The molecule has 3 atom stereocenters. The molecule has 1 saturated heterocycles. The van der Waals surface area contributed by atoms with Crippen LogP contribution in [0.15, 0.2) is 72.8 Å². The number of ether oxygens (including phenoxy) is 1. The molecule has 0 bridgehead atoms. The molecule has 0 saturated carbocycles. The first-order valence-corrected chi connectivity index (χ1v) is 15.9. The van der Waals surface area contributed by atoms with E-state index in [9.17, 15) is 29.1 Å². The molecule has 1 fully saturated rings. The first kappa shape index (κ1) is 33.4. The van der Waals surface area contributed by atoms with Gasteiger partial charge in [-0.25, -0.2) is 4.79 Å². The average Bonchev–Trinajstić information content (AvgIpc) is 3.71. The van der Waals surface area contributed by atoms with Crippen LogP contribution in [-0.2, 0) is 36.8 Å². The Morgan fingerprint density at radius 2 is 1.72 bits per heavy atom. The molecule has 10 heteroatoms. The fourth-order valence-corrected chi connectivity index (χ4v) is 6.23. The van der Waals surface area contributed by atoms with Crippen LogP contribution in [0.25, 0.3) is 11.1 Å². The van der Waals surface area contributed by atoms with Crippen molar-refractivity contribution in [3.05, 3.63) is 83.9 Å². The summed E-state index contributed by atoms with van der Waals surface area (Å²) in [5, 5.41) is 12.4. The van der Waals surface area contributed by atoms with Crippen molar-refractivity contribution in [3.63, 3.8) is 0 Å². The molecule has 2 aliphatic rings. The van der Waals surface area contributed by atoms with E-state index in [1.807, 2.05) is 75.4 Å². The summed E-state index contributed by atoms with van der Waals surface area (Å²) >= 11 is 0. The minimum atomic E-state index is -1.94. The molecular weight excluding hydrogens is 598 g/mol. The number of carbonyl (C=O) groups is 5. The van der Waals surface area contributed by atoms with Gasteiger partial charge in [0.05, 0.1) is 0 Å². The van der Waals surface area contributed by atoms with Crippen molar-refractivity contribution in [1.29, 1.82) is 0 Å². The quantitative estimate of drug-likeness (QED) is 0.248. The number of nitrogens with one attached hydrogen (secondary N) is 1. The van der Waals surface area contributed by atoms with Gasteiger partial charge in [-0.05, 0) is 65.1 Å². The molecule has 2 heterocycles. The molecule has 10 nitrogen and oxygen atoms in total. The van der Waals surface area contributed by atoms with E-state index >= 15 is 0 Å². The number of hydrogen-bond donors (Lipinski definition) is 2. The first-order chi connectivity index (χ1) is 22.3. The molecule has 0 aromatic heterocycles. The Labute approximate surface area is 274 Å². The summed E-state index contributed by atoms with van der Waals surface area (Å²) in [5.41, 5.74) is 1.66. The topological polar surface area (TPSA) is 133 Å². The maximum atomic E-state index is 14.0. The third-order valence-electron chi connectivity index (χ3n) is 8.99. The molecule has 0 aliphatic carbocycles. The maximum absolute atomic E-state index is 14.0. The van der Waals surface area contributed by atoms with Gasteiger partial charge >= 0.3 is 5.97 Å². The van der Waals surface area contributed by atoms with Crippen LogP contribution in [0.5, 0.6) is 5.75 Å². The largest absolute Gasteiger partial charge is 0.478 e. The van der Waals surface area contributed by atoms with Crippen LogP contribution in [0, 0.1) is 5.41 Å². The molecule has 2 N–H and O–H groups in total. The van der Waals surface area contributed by atoms with Crippen LogP contribution in [0.1, 0.15) is 51.2 Å². The molecule has 47 heavy (non-hydrogen) atoms. The zero-order valence-corrected chi connectivity index (χ0v) is 27.2. The molecular formula is C37H41N3O7. The molecule has 246 valence electrons. The van der Waals surface area contributed by atoms with Gasteiger partial charge in [-0.3, -0.25) is 19.2 Å². The van der Waals surface area contributed by atoms with Crippen molar-refractivity contribution >= 4 is 35.7 Å². The number of carbonyl (C=O) groups excluding carboxylic acids is 4. The molecule has 5 rings (SSSR count). The number of hydrogen-bond acceptors (Lipinski definition) is 6. The standard InChI is InChI=1S/C37H41N3O7/c1-36(2,3)32(38-31(42)19-13-24-12-18-30-27(21-24)22-37(23-41,47-30)35(45)46)34(44)40-20-8-11-29(40)33(43)39(4)28-16-14-26(15-17-28)25-9-6-5-7-10-25/h5-7,9-10,12,14-18,21,23,29,32H,8,11,13,19-20,22H2,1-4H3,(H,38,42)(H,45,46). The normalized spacial score (nSPS) is 19.3. The van der Waals surface area contributed by atoms with Crippen LogP contribution < -0.4 is 15.0 Å². The summed E-state index contributed by atoms with van der Waals surface area (Å²) in [6.45, 7) is 6.07. The highest BCUT2D eigenvalue weighted by atomic mass is 16.5. The number of carboxylic acids is 1. The van der Waals surface area contributed by atoms with Gasteiger partial charge in [0, 0.05) is 32.1 Å². The Bertz CT molecular complexity index is 1670. The third kappa shape index (κ3) is 7.06. The van der Waals surface area contributed by atoms with Gasteiger partial charge < -0.3 is 25.0 Å². The first-order valence-electron chi connectivity index (χ1n) is 15.9. The Hall–Kier alpha value is -4.99. The van der Waals surface area contributed by atoms with Crippen LogP contribution >= 0.6 is 0 Å². The second-order valence-electron chi connectivity index (χ2n) is 13.4. The number of anilines is 1. The van der Waals surface area contributed by atoms with Gasteiger partial charge in [-0.1, -0.05) is 75.4 Å². The smallest absolute Gasteiger partial charge is 0.356 e. The van der Waals surface area contributed by atoms with E-state index in [0.29, 0.717) is 43.4 Å². The van der Waals surface area contributed by atoms with E-state index in [4.69, 9.17) is 4.74 Å². The SMILES string of the molecule is CN(C(=O)C1CCCN1C(=O)C(NC(=O)CCc1ccc2c(c1)CC(C=O)(C(=O)O)O2)C(C)(C)C)c1ccc(-c2ccccc2)cc1. The lowest BCUT2D eigenvalue weighted by molar-refractivity contribution is -0.155. The molecule has 3 unspecified atom stereocenters. The summed E-state index contributed by atoms with van der Waals surface area (Å²) in [6, 6.07) is 21.3. The Morgan fingerprint density at radius 1 is 1.04 bits per heavy atom. The van der Waals surface area contributed by atoms with Gasteiger partial charge in [0.2, 0.25) is 17.7 Å². The summed E-state index contributed by atoms with van der Waals surface area (Å²) in [6.07, 6.45) is 1.85. The average molecular weight is 640 g/mol. The minimum Gasteiger partial charge on any atom is -0.478 e. The number of nitrogens with zero attached hydrogens (tertiary/aromatic N) is 2. The highest BCUT2D eigenvalue weighted by molar-refractivity contribution is 6.00. The number of benzene rings is 3. The van der Waals surface area contributed by atoms with Crippen LogP contribution in [0.3, 0.4) is 0 Å². The lowest BCUT2D eigenvalue weighted by Gasteiger charge is -2.36. The van der Waals surface area contributed by atoms with E-state index in [-0.39, 0.29) is 30.6 Å². The van der Waals surface area contributed by atoms with Crippen LogP contribution in [-0.4, -0.2) is 71.3 Å². The number of amides is 3. The predicted molar refractivity (Wildman–Crippen MR) is 177 cm³/mol. The summed E-state index contributed by atoms with van der Waals surface area (Å²) in [4.78, 5) is 67.2. The lowest BCUT2D eigenvalue weighted by Crippen LogP contribution is -2.57. The van der Waals surface area contributed by atoms with Crippen molar-refractivity contribution in [2.24, 2.45) is 5.41 Å². The lowest BCUT2D eigenvalue weighted by atomic mass is 9.85. The molecule has 0 spiro atoms. The number of aryl methyl sites for hydroxylation is 1. The monoisotopic (exact) mass is 639 g/mol. The number of aldehydes is 1. The number of likely N-dealkylation sites (N-methyl/N-ethyl adjacent to an activating group) is 1. The van der Waals surface area contributed by atoms with E-state index in [2.05, 4.69) is 5.32 Å². The van der Waals surface area contributed by atoms with Crippen molar-refractivity contribution in [2.75, 3.05) is 18.5 Å². The van der Waals surface area contributed by atoms with Crippen LogP contribution in [0.4, 0.5) is 5.69 Å². The summed E-state index contributed by atoms with van der Waals surface area (Å²) in [5.74, 6) is -1.81. The van der Waals surface area contributed by atoms with Gasteiger partial charge in [-0.15, -0.1) is 0 Å². The summed E-state index contributed by atoms with van der Waals surface area (Å²) < 4.78 is 5.42. The third-order valence-corrected chi connectivity index (χ3v) is 8.99. The molecule has 2 aliphatic heterocycles. The zero-order chi connectivity index (χ0) is 33.9. The number of aliphatic carboxylic acids is 1. The van der Waals surface area contributed by atoms with Gasteiger partial charge in [0.1, 0.15) is 17.8 Å². The van der Waals surface area contributed by atoms with Crippen molar-refractivity contribution < 1.29 is 33.8 Å². The van der Waals surface area contributed by atoms with Gasteiger partial charge in [0.15, 0.2) is 6.29 Å². The van der Waals surface area contributed by atoms with Gasteiger partial charge in [0.25, 0.3) is 5.60 Å². The van der Waals surface area contributed by atoms with Crippen molar-refractivity contribution in [2.45, 2.75) is 70.6 Å². The Morgan fingerprint density at radius 3 is 2.36 bits per heavy atom. The van der Waals surface area contributed by atoms with E-state index in [1.165, 1.54) is 0 Å². The van der Waals surface area contributed by atoms with Gasteiger partial charge in [-0.2, -0.15) is 0 Å². The summed E-state index contributed by atoms with van der Waals surface area (Å²) in [7, 11) is 1.72. The second kappa shape index (κ2) is 13.4. The van der Waals surface area contributed by atoms with E-state index in [1.54, 1.807) is 35.0 Å². The fraction of sp³-hybridized carbons (Fsp3) is 0.378. The molecule has 3 aromatic carbocycles. The number of fused-ring (bicyclic) bond motifs is 1. The van der Waals surface area contributed by atoms with Crippen molar-refractivity contribution in [1.82, 2.24) is 10.2 Å². The van der Waals surface area contributed by atoms with E-state index in [0.717, 1.165) is 22.4 Å². The number of carboxylic acid groups (broad SMARTS) is 1. The second-order valence-corrected chi connectivity index (χ2v) is 13.4. The fourth-order valence-electron chi connectivity index (χ4n) is 6.23. The van der Waals surface area contributed by atoms with E-state index < -0.39 is 29.1 Å². The van der Waals surface area contributed by atoms with Crippen molar-refractivity contribution in [3.8, 4) is 16.9 Å². The maximum Gasteiger partial charge on any atom is 0.356 e. The van der Waals surface area contributed by atoms with Crippen LogP contribution in [0.2, 0.25) is 0 Å².